The summed E-state index contributed by atoms with van der Waals surface area (Å²) in [4.78, 5) is 27.7. The number of amidine groups is 1. The molecule has 1 aliphatic rings. The van der Waals surface area contributed by atoms with Gasteiger partial charge in [-0.05, 0) is 36.4 Å². The first-order chi connectivity index (χ1) is 11.7. The highest BCUT2D eigenvalue weighted by molar-refractivity contribution is 8.14. The number of carbonyl (C=O) groups is 2. The average Bonchev–Trinajstić information content (AvgIpc) is 3.10. The van der Waals surface area contributed by atoms with E-state index in [1.807, 2.05) is 30.3 Å². The summed E-state index contributed by atoms with van der Waals surface area (Å²) in [7, 11) is 0. The van der Waals surface area contributed by atoms with E-state index in [1.54, 1.807) is 24.3 Å². The second kappa shape index (κ2) is 7.65. The van der Waals surface area contributed by atoms with Gasteiger partial charge < -0.3 is 10.1 Å². The fraction of sp³-hybridized carbons (Fsp3) is 0.118. The topological polar surface area (TPSA) is 79.8 Å². The quantitative estimate of drug-likeness (QED) is 0.841. The molecular weight excluding hydrogens is 326 g/mol. The highest BCUT2D eigenvalue weighted by Crippen LogP contribution is 2.22. The molecule has 2 aromatic rings. The molecule has 0 unspecified atom stereocenters. The SMILES string of the molecule is O=C(NC1=NCCS1)C(=O)Nc1ccc(Oc2ccccc2)cc1. The monoisotopic (exact) mass is 341 g/mol. The summed E-state index contributed by atoms with van der Waals surface area (Å²) in [6.45, 7) is 0.658. The number of aliphatic imine (C=N–C) groups is 1. The zero-order chi connectivity index (χ0) is 16.8. The summed E-state index contributed by atoms with van der Waals surface area (Å²) < 4.78 is 5.66. The fourth-order valence-electron chi connectivity index (χ4n) is 1.98. The van der Waals surface area contributed by atoms with Crippen molar-refractivity contribution in [1.82, 2.24) is 5.32 Å². The number of para-hydroxylation sites is 1. The largest absolute Gasteiger partial charge is 0.457 e. The zero-order valence-electron chi connectivity index (χ0n) is 12.7. The molecule has 0 atom stereocenters. The lowest BCUT2D eigenvalue weighted by Crippen LogP contribution is -2.37. The number of rotatable bonds is 3. The number of carbonyl (C=O) groups excluding carboxylic acids is 2. The Morgan fingerprint density at radius 3 is 2.25 bits per heavy atom. The van der Waals surface area contributed by atoms with Crippen LogP contribution in [0.25, 0.3) is 0 Å². The number of amides is 2. The number of benzene rings is 2. The van der Waals surface area contributed by atoms with Crippen molar-refractivity contribution in [3.05, 3.63) is 54.6 Å². The van der Waals surface area contributed by atoms with Gasteiger partial charge in [0.1, 0.15) is 11.5 Å². The van der Waals surface area contributed by atoms with Crippen molar-refractivity contribution in [2.75, 3.05) is 17.6 Å². The van der Waals surface area contributed by atoms with Crippen LogP contribution < -0.4 is 15.4 Å². The van der Waals surface area contributed by atoms with Gasteiger partial charge in [0.05, 0.1) is 6.54 Å². The Morgan fingerprint density at radius 1 is 0.917 bits per heavy atom. The third-order valence-corrected chi connectivity index (χ3v) is 3.99. The van der Waals surface area contributed by atoms with E-state index < -0.39 is 11.8 Å². The number of nitrogens with zero attached hydrogens (tertiary/aromatic N) is 1. The molecular formula is C17H15N3O3S. The first-order valence-corrected chi connectivity index (χ1v) is 8.32. The van der Waals surface area contributed by atoms with Crippen LogP contribution in [0, 0.1) is 0 Å². The molecule has 24 heavy (non-hydrogen) atoms. The minimum absolute atomic E-state index is 0.488. The molecule has 3 rings (SSSR count). The van der Waals surface area contributed by atoms with Gasteiger partial charge in [-0.2, -0.15) is 0 Å². The molecule has 2 N–H and O–H groups in total. The summed E-state index contributed by atoms with van der Waals surface area (Å²) in [5.74, 6) is 0.721. The van der Waals surface area contributed by atoms with Gasteiger partial charge in [0.2, 0.25) is 0 Å². The Labute approximate surface area is 143 Å². The van der Waals surface area contributed by atoms with Crippen molar-refractivity contribution in [2.24, 2.45) is 4.99 Å². The highest BCUT2D eigenvalue weighted by Gasteiger charge is 2.17. The van der Waals surface area contributed by atoms with E-state index in [-0.39, 0.29) is 0 Å². The van der Waals surface area contributed by atoms with Gasteiger partial charge in [-0.3, -0.25) is 19.9 Å². The molecule has 0 aliphatic carbocycles. The van der Waals surface area contributed by atoms with Crippen LogP contribution in [0.2, 0.25) is 0 Å². The Kier molecular flexibility index (Phi) is 5.12. The van der Waals surface area contributed by atoms with Gasteiger partial charge in [0, 0.05) is 11.4 Å². The van der Waals surface area contributed by atoms with E-state index >= 15 is 0 Å². The van der Waals surface area contributed by atoms with Crippen LogP contribution >= 0.6 is 11.8 Å². The van der Waals surface area contributed by atoms with Gasteiger partial charge >= 0.3 is 11.8 Å². The molecule has 0 aromatic heterocycles. The summed E-state index contributed by atoms with van der Waals surface area (Å²) in [5.41, 5.74) is 0.511. The van der Waals surface area contributed by atoms with Crippen molar-refractivity contribution >= 4 is 34.4 Å². The fourth-order valence-corrected chi connectivity index (χ4v) is 2.71. The molecule has 0 fully saturated rings. The molecule has 0 saturated carbocycles. The maximum Gasteiger partial charge on any atom is 0.315 e. The number of ether oxygens (including phenoxy) is 1. The lowest BCUT2D eigenvalue weighted by molar-refractivity contribution is -0.135. The van der Waals surface area contributed by atoms with Crippen LogP contribution in [0.4, 0.5) is 5.69 Å². The summed E-state index contributed by atoms with van der Waals surface area (Å²) >= 11 is 1.42. The normalized spacial score (nSPS) is 13.1. The highest BCUT2D eigenvalue weighted by atomic mass is 32.2. The maximum atomic E-state index is 11.9. The minimum Gasteiger partial charge on any atom is -0.457 e. The molecule has 6 nitrogen and oxygen atoms in total. The van der Waals surface area contributed by atoms with Crippen molar-refractivity contribution < 1.29 is 14.3 Å². The standard InChI is InChI=1S/C17H15N3O3S/c21-15(16(22)20-17-18-10-11-24-17)19-12-6-8-14(9-7-12)23-13-4-2-1-3-5-13/h1-9H,10-11H2,(H,19,21)(H,18,20,22). The molecule has 2 aromatic carbocycles. The molecule has 0 spiro atoms. The van der Waals surface area contributed by atoms with E-state index in [0.29, 0.717) is 23.1 Å². The van der Waals surface area contributed by atoms with Crippen LogP contribution in [0.15, 0.2) is 59.6 Å². The van der Waals surface area contributed by atoms with Crippen molar-refractivity contribution in [3.63, 3.8) is 0 Å². The Balaban J connectivity index is 1.55. The Hall–Kier alpha value is -2.80. The van der Waals surface area contributed by atoms with Crippen molar-refractivity contribution in [2.45, 2.75) is 0 Å². The molecule has 0 saturated heterocycles. The van der Waals surface area contributed by atoms with E-state index in [0.717, 1.165) is 11.5 Å². The predicted octanol–water partition coefficient (Wildman–Crippen LogP) is 2.64. The number of thioether (sulfide) groups is 1. The van der Waals surface area contributed by atoms with Crippen molar-refractivity contribution in [3.8, 4) is 11.5 Å². The summed E-state index contributed by atoms with van der Waals surface area (Å²) in [5, 5.41) is 5.50. The van der Waals surface area contributed by atoms with Crippen LogP contribution in [0.5, 0.6) is 11.5 Å². The van der Waals surface area contributed by atoms with E-state index in [2.05, 4.69) is 15.6 Å². The molecule has 122 valence electrons. The van der Waals surface area contributed by atoms with Crippen LogP contribution in [-0.2, 0) is 9.59 Å². The Bertz CT molecular complexity index is 760. The summed E-state index contributed by atoms with van der Waals surface area (Å²) in [6, 6.07) is 16.2. The lowest BCUT2D eigenvalue weighted by Gasteiger charge is -2.08. The minimum atomic E-state index is -0.734. The number of hydrogen-bond donors (Lipinski definition) is 2. The van der Waals surface area contributed by atoms with Crippen LogP contribution in [0.3, 0.4) is 0 Å². The van der Waals surface area contributed by atoms with Gasteiger partial charge in [-0.25, -0.2) is 0 Å². The first-order valence-electron chi connectivity index (χ1n) is 7.33. The zero-order valence-corrected chi connectivity index (χ0v) is 13.5. The second-order valence-corrected chi connectivity index (χ2v) is 5.97. The van der Waals surface area contributed by atoms with Crippen LogP contribution in [-0.4, -0.2) is 29.3 Å². The molecule has 0 bridgehead atoms. The second-order valence-electron chi connectivity index (χ2n) is 4.88. The molecule has 2 amide bonds. The predicted molar refractivity (Wildman–Crippen MR) is 94.5 cm³/mol. The van der Waals surface area contributed by atoms with Gasteiger partial charge in [0.25, 0.3) is 0 Å². The first kappa shape index (κ1) is 16.1. The van der Waals surface area contributed by atoms with Gasteiger partial charge in [0.15, 0.2) is 5.17 Å². The lowest BCUT2D eigenvalue weighted by atomic mass is 10.3. The number of hydrogen-bond acceptors (Lipinski definition) is 5. The third-order valence-electron chi connectivity index (χ3n) is 3.10. The van der Waals surface area contributed by atoms with Gasteiger partial charge in [-0.1, -0.05) is 30.0 Å². The van der Waals surface area contributed by atoms with E-state index in [9.17, 15) is 9.59 Å². The number of anilines is 1. The average molecular weight is 341 g/mol. The Morgan fingerprint density at radius 2 is 1.58 bits per heavy atom. The van der Waals surface area contributed by atoms with Gasteiger partial charge in [-0.15, -0.1) is 0 Å². The molecule has 1 heterocycles. The third kappa shape index (κ3) is 4.36. The van der Waals surface area contributed by atoms with Crippen molar-refractivity contribution in [1.29, 1.82) is 0 Å². The molecule has 7 heteroatoms. The molecule has 0 radical (unpaired) electrons. The van der Waals surface area contributed by atoms with E-state index in [4.69, 9.17) is 4.74 Å². The van der Waals surface area contributed by atoms with E-state index in [1.165, 1.54) is 11.8 Å². The maximum absolute atomic E-state index is 11.9. The number of nitrogens with one attached hydrogen (secondary N) is 2. The smallest absolute Gasteiger partial charge is 0.315 e. The van der Waals surface area contributed by atoms with Crippen LogP contribution in [0.1, 0.15) is 0 Å². The summed E-state index contributed by atoms with van der Waals surface area (Å²) in [6.07, 6.45) is 0. The molecule has 1 aliphatic heterocycles.